The minimum atomic E-state index is -2.86. The molecule has 0 unspecified atom stereocenters. The lowest BCUT2D eigenvalue weighted by atomic mass is 10.1. The van der Waals surface area contributed by atoms with Crippen LogP contribution in [0, 0.1) is 0 Å². The van der Waals surface area contributed by atoms with Crippen LogP contribution in [-0.2, 0) is 0 Å². The molecule has 0 bridgehead atoms. The Kier molecular flexibility index (Phi) is 6.79. The van der Waals surface area contributed by atoms with Crippen molar-refractivity contribution < 1.29 is 13.5 Å². The second-order valence-corrected chi connectivity index (χ2v) is 8.38. The smallest absolute Gasteiger partial charge is 0.387 e. The maximum atomic E-state index is 12.5. The third-order valence-electron chi connectivity index (χ3n) is 4.77. The summed E-state index contributed by atoms with van der Waals surface area (Å²) in [7, 11) is 0. The number of hydrogen-bond donors (Lipinski definition) is 0. The van der Waals surface area contributed by atoms with Crippen molar-refractivity contribution >= 4 is 17.0 Å². The molecule has 2 heterocycles. The highest BCUT2D eigenvalue weighted by molar-refractivity contribution is 7.07. The summed E-state index contributed by atoms with van der Waals surface area (Å²) in [6.45, 7) is 3.10. The van der Waals surface area contributed by atoms with Crippen molar-refractivity contribution in [2.45, 2.75) is 33.4 Å². The molecule has 0 fully saturated rings. The fourth-order valence-electron chi connectivity index (χ4n) is 3.21. The molecule has 4 rings (SSSR count). The van der Waals surface area contributed by atoms with E-state index in [2.05, 4.69) is 9.72 Å². The highest BCUT2D eigenvalue weighted by Gasteiger charge is 2.11. The predicted molar refractivity (Wildman–Crippen MR) is 126 cm³/mol. The topological polar surface area (TPSA) is 56.7 Å². The van der Waals surface area contributed by atoms with E-state index in [0.717, 1.165) is 33.0 Å². The molecule has 0 saturated carbocycles. The number of imidazole rings is 1. The van der Waals surface area contributed by atoms with Crippen molar-refractivity contribution in [3.8, 4) is 22.7 Å². The van der Waals surface area contributed by atoms with Crippen molar-refractivity contribution in [1.29, 1.82) is 0 Å². The number of alkyl halides is 2. The van der Waals surface area contributed by atoms with Crippen LogP contribution in [0.4, 0.5) is 8.78 Å². The average Bonchev–Trinajstić information content (AvgIpc) is 3.45. The highest BCUT2D eigenvalue weighted by Crippen LogP contribution is 2.24. The first-order chi connectivity index (χ1) is 15.9. The summed E-state index contributed by atoms with van der Waals surface area (Å²) in [5, 5.41) is 6.82. The summed E-state index contributed by atoms with van der Waals surface area (Å²) in [5.41, 5.74) is 4.44. The van der Waals surface area contributed by atoms with Crippen LogP contribution in [0.25, 0.3) is 16.9 Å². The van der Waals surface area contributed by atoms with Crippen LogP contribution >= 0.6 is 11.3 Å². The molecule has 6 nitrogen and oxygen atoms in total. The number of ether oxygens (including phenoxy) is 1. The van der Waals surface area contributed by atoms with Gasteiger partial charge in [-0.1, -0.05) is 12.1 Å². The Morgan fingerprint density at radius 2 is 1.79 bits per heavy atom. The minimum absolute atomic E-state index is 0.0922. The van der Waals surface area contributed by atoms with Crippen molar-refractivity contribution in [2.24, 2.45) is 10.1 Å². The van der Waals surface area contributed by atoms with Gasteiger partial charge in [0.15, 0.2) is 0 Å². The second kappa shape index (κ2) is 9.91. The molecule has 2 aromatic carbocycles. The Morgan fingerprint density at radius 3 is 2.39 bits per heavy atom. The first-order valence-corrected chi connectivity index (χ1v) is 11.2. The molecule has 4 aromatic rings. The van der Waals surface area contributed by atoms with Crippen LogP contribution in [0.3, 0.4) is 0 Å². The predicted octanol–water partition coefficient (Wildman–Crippen LogP) is 5.59. The number of nitrogens with zero attached hydrogens (tertiary/aromatic N) is 5. The zero-order valence-electron chi connectivity index (χ0n) is 18.4. The molecular weight excluding hydrogens is 444 g/mol. The van der Waals surface area contributed by atoms with Crippen molar-refractivity contribution in [2.75, 3.05) is 0 Å². The number of thiazole rings is 1. The molecular formula is C24H23F2N5OS. The van der Waals surface area contributed by atoms with Gasteiger partial charge in [-0.3, -0.25) is 4.99 Å². The van der Waals surface area contributed by atoms with Gasteiger partial charge in [0.2, 0.25) is 4.80 Å². The summed E-state index contributed by atoms with van der Waals surface area (Å²) in [6, 6.07) is 14.7. The quantitative estimate of drug-likeness (QED) is 0.333. The standard InChI is InChI=1S/C24H23F2N5OS/c1-16(2)28-24-31(22(14-33-24)19-6-10-21(11-7-19)32-23(25)26)29-17(3)18-4-8-20(9-5-18)30-13-12-27-15-30/h4-16,23H,1-3H3/b28-24?,29-17-. The molecule has 0 aliphatic carbocycles. The van der Waals surface area contributed by atoms with Crippen LogP contribution < -0.4 is 9.54 Å². The molecule has 33 heavy (non-hydrogen) atoms. The van der Waals surface area contributed by atoms with Gasteiger partial charge in [0.05, 0.1) is 17.7 Å². The van der Waals surface area contributed by atoms with Crippen molar-refractivity contribution in [1.82, 2.24) is 14.2 Å². The van der Waals surface area contributed by atoms with E-state index in [1.807, 2.05) is 61.2 Å². The van der Waals surface area contributed by atoms with E-state index in [-0.39, 0.29) is 11.8 Å². The van der Waals surface area contributed by atoms with Crippen LogP contribution in [0.1, 0.15) is 26.3 Å². The van der Waals surface area contributed by atoms with E-state index in [0.29, 0.717) is 0 Å². The molecule has 0 spiro atoms. The third-order valence-corrected chi connectivity index (χ3v) is 5.60. The Morgan fingerprint density at radius 1 is 1.06 bits per heavy atom. The lowest BCUT2D eigenvalue weighted by molar-refractivity contribution is -0.0498. The van der Waals surface area contributed by atoms with Gasteiger partial charge in [0.25, 0.3) is 0 Å². The Labute approximate surface area is 194 Å². The van der Waals surface area contributed by atoms with E-state index in [1.165, 1.54) is 23.5 Å². The SMILES string of the molecule is C/C(=N/n1c(-c2ccc(OC(F)F)cc2)csc1=NC(C)C)c1ccc(-n2ccnc2)cc1. The number of benzene rings is 2. The van der Waals surface area contributed by atoms with E-state index in [9.17, 15) is 8.78 Å². The van der Waals surface area contributed by atoms with Gasteiger partial charge >= 0.3 is 6.61 Å². The average molecular weight is 468 g/mol. The van der Waals surface area contributed by atoms with Gasteiger partial charge in [0.1, 0.15) is 5.75 Å². The first-order valence-electron chi connectivity index (χ1n) is 10.3. The molecule has 0 radical (unpaired) electrons. The molecule has 0 aliphatic heterocycles. The maximum absolute atomic E-state index is 12.5. The van der Waals surface area contributed by atoms with Crippen LogP contribution in [0.2, 0.25) is 0 Å². The summed E-state index contributed by atoms with van der Waals surface area (Å²) >= 11 is 1.48. The summed E-state index contributed by atoms with van der Waals surface area (Å²) in [6.07, 6.45) is 5.38. The van der Waals surface area contributed by atoms with Crippen LogP contribution in [0.15, 0.2) is 82.7 Å². The van der Waals surface area contributed by atoms with Crippen molar-refractivity contribution in [3.05, 3.63) is 83.0 Å². The lowest BCUT2D eigenvalue weighted by Gasteiger charge is -2.09. The van der Waals surface area contributed by atoms with E-state index >= 15 is 0 Å². The Bertz CT molecular complexity index is 1290. The fourth-order valence-corrected chi connectivity index (χ4v) is 4.17. The van der Waals surface area contributed by atoms with Gasteiger partial charge in [-0.2, -0.15) is 13.9 Å². The minimum Gasteiger partial charge on any atom is -0.435 e. The lowest BCUT2D eigenvalue weighted by Crippen LogP contribution is -2.16. The van der Waals surface area contributed by atoms with Crippen molar-refractivity contribution in [3.63, 3.8) is 0 Å². The number of hydrogen-bond acceptors (Lipinski definition) is 5. The van der Waals surface area contributed by atoms with Crippen LogP contribution in [0.5, 0.6) is 5.75 Å². The monoisotopic (exact) mass is 467 g/mol. The molecule has 0 atom stereocenters. The largest absolute Gasteiger partial charge is 0.435 e. The third kappa shape index (κ3) is 5.43. The zero-order chi connectivity index (χ0) is 23.4. The Hall–Kier alpha value is -3.59. The van der Waals surface area contributed by atoms with Gasteiger partial charge < -0.3 is 9.30 Å². The van der Waals surface area contributed by atoms with Gasteiger partial charge in [-0.25, -0.2) is 9.66 Å². The van der Waals surface area contributed by atoms with Crippen LogP contribution in [-0.4, -0.2) is 32.6 Å². The highest BCUT2D eigenvalue weighted by atomic mass is 32.1. The maximum Gasteiger partial charge on any atom is 0.387 e. The fraction of sp³-hybridized carbons (Fsp3) is 0.208. The van der Waals surface area contributed by atoms with Gasteiger partial charge in [-0.05, 0) is 62.7 Å². The first kappa shape index (κ1) is 22.6. The van der Waals surface area contributed by atoms with E-state index in [1.54, 1.807) is 29.3 Å². The molecule has 0 amide bonds. The summed E-state index contributed by atoms with van der Waals surface area (Å²) < 4.78 is 33.2. The molecule has 9 heteroatoms. The number of halogens is 2. The molecule has 0 saturated heterocycles. The summed E-state index contributed by atoms with van der Waals surface area (Å²) in [4.78, 5) is 9.53. The summed E-state index contributed by atoms with van der Waals surface area (Å²) in [5.74, 6) is 0.111. The number of aromatic nitrogens is 3. The molecule has 0 aliphatic rings. The zero-order valence-corrected chi connectivity index (χ0v) is 19.2. The Balaban J connectivity index is 1.71. The molecule has 170 valence electrons. The van der Waals surface area contributed by atoms with Gasteiger partial charge in [0, 0.05) is 35.1 Å². The normalized spacial score (nSPS) is 12.7. The second-order valence-electron chi connectivity index (χ2n) is 7.54. The molecule has 0 N–H and O–H groups in total. The van der Waals surface area contributed by atoms with E-state index in [4.69, 9.17) is 10.1 Å². The molecule has 2 aromatic heterocycles. The van der Waals surface area contributed by atoms with Gasteiger partial charge in [-0.15, -0.1) is 11.3 Å². The number of rotatable bonds is 7. The van der Waals surface area contributed by atoms with E-state index < -0.39 is 6.61 Å².